The van der Waals surface area contributed by atoms with Gasteiger partial charge in [0.15, 0.2) is 17.5 Å². The monoisotopic (exact) mass is 653 g/mol. The maximum Gasteiger partial charge on any atom is 0.164 e. The number of hydrogen-bond acceptors (Lipinski definition) is 4. The molecule has 240 valence electrons. The molecule has 2 aliphatic rings. The third-order valence-corrected chi connectivity index (χ3v) is 10.1. The van der Waals surface area contributed by atoms with Crippen LogP contribution in [0, 0.1) is 5.92 Å². The highest BCUT2D eigenvalue weighted by atomic mass is 16.3. The van der Waals surface area contributed by atoms with Crippen molar-refractivity contribution in [2.75, 3.05) is 0 Å². The first-order valence-electron chi connectivity index (χ1n) is 17.4. The summed E-state index contributed by atoms with van der Waals surface area (Å²) in [5.74, 6) is 2.40. The van der Waals surface area contributed by atoms with E-state index < -0.39 is 0 Å². The van der Waals surface area contributed by atoms with E-state index in [9.17, 15) is 0 Å². The molecule has 51 heavy (non-hydrogen) atoms. The standard InChI is InChI=1S/C47H31N3O/c1-2-12-32(13-3-1)45-48-46(33-26-23-31(24-27-33)35-28-25-30-11-4-5-14-34(30)29-35)50-47(49-45)40-20-9-16-36-37(17-8-18-38(36)40)39-19-10-22-43-44(39)41-15-6-7-21-42(41)51-43/h1-24,26-30H,25H2. The quantitative estimate of drug-likeness (QED) is 0.185. The minimum Gasteiger partial charge on any atom is -0.456 e. The van der Waals surface area contributed by atoms with Gasteiger partial charge in [-0.15, -0.1) is 0 Å². The fraction of sp³-hybridized carbons (Fsp3) is 0.0426. The average Bonchev–Trinajstić information content (AvgIpc) is 3.60. The zero-order valence-electron chi connectivity index (χ0n) is 27.7. The summed E-state index contributed by atoms with van der Waals surface area (Å²) in [6, 6.07) is 46.2. The number of hydrogen-bond donors (Lipinski definition) is 0. The second-order valence-electron chi connectivity index (χ2n) is 13.1. The molecular weight excluding hydrogens is 623 g/mol. The van der Waals surface area contributed by atoms with Gasteiger partial charge in [0.2, 0.25) is 0 Å². The fourth-order valence-corrected chi connectivity index (χ4v) is 7.56. The van der Waals surface area contributed by atoms with E-state index in [2.05, 4.69) is 121 Å². The molecule has 0 spiro atoms. The number of fused-ring (bicyclic) bond motifs is 5. The largest absolute Gasteiger partial charge is 0.456 e. The predicted molar refractivity (Wildman–Crippen MR) is 209 cm³/mol. The Kier molecular flexibility index (Phi) is 6.91. The molecule has 1 atom stereocenters. The summed E-state index contributed by atoms with van der Waals surface area (Å²) >= 11 is 0. The van der Waals surface area contributed by atoms with Gasteiger partial charge < -0.3 is 4.42 Å². The van der Waals surface area contributed by atoms with Crippen LogP contribution >= 0.6 is 0 Å². The lowest BCUT2D eigenvalue weighted by molar-refractivity contribution is 0.669. The number of furan rings is 1. The number of rotatable bonds is 5. The first-order chi connectivity index (χ1) is 25.3. The Hall–Kier alpha value is -6.65. The van der Waals surface area contributed by atoms with E-state index in [1.54, 1.807) is 0 Å². The summed E-state index contributed by atoms with van der Waals surface area (Å²) in [5.41, 5.74) is 10.7. The lowest BCUT2D eigenvalue weighted by Gasteiger charge is -2.21. The van der Waals surface area contributed by atoms with Crippen LogP contribution in [0.15, 0.2) is 180 Å². The predicted octanol–water partition coefficient (Wildman–Crippen LogP) is 12.0. The van der Waals surface area contributed by atoms with Crippen molar-refractivity contribution in [3.63, 3.8) is 0 Å². The van der Waals surface area contributed by atoms with Crippen molar-refractivity contribution in [1.29, 1.82) is 0 Å². The average molecular weight is 654 g/mol. The van der Waals surface area contributed by atoms with Gasteiger partial charge in [-0.3, -0.25) is 0 Å². The lowest BCUT2D eigenvalue weighted by atomic mass is 9.84. The molecule has 10 rings (SSSR count). The Bertz CT molecular complexity index is 2770. The van der Waals surface area contributed by atoms with Gasteiger partial charge in [0, 0.05) is 33.4 Å². The number of para-hydroxylation sites is 1. The van der Waals surface area contributed by atoms with Crippen LogP contribution in [0.4, 0.5) is 0 Å². The molecule has 0 amide bonds. The van der Waals surface area contributed by atoms with E-state index in [1.807, 2.05) is 48.5 Å². The van der Waals surface area contributed by atoms with Crippen molar-refractivity contribution in [2.45, 2.75) is 6.42 Å². The number of benzene rings is 6. The molecule has 0 saturated carbocycles. The highest BCUT2D eigenvalue weighted by molar-refractivity contribution is 6.16. The van der Waals surface area contributed by atoms with Crippen molar-refractivity contribution >= 4 is 38.3 Å². The maximum absolute atomic E-state index is 6.26. The molecule has 0 N–H and O–H groups in total. The van der Waals surface area contributed by atoms with Crippen molar-refractivity contribution < 1.29 is 4.42 Å². The molecule has 1 unspecified atom stereocenters. The van der Waals surface area contributed by atoms with Gasteiger partial charge in [-0.05, 0) is 57.2 Å². The number of aromatic nitrogens is 3. The van der Waals surface area contributed by atoms with Gasteiger partial charge in [-0.1, -0.05) is 158 Å². The zero-order chi connectivity index (χ0) is 33.7. The van der Waals surface area contributed by atoms with Crippen LogP contribution in [0.5, 0.6) is 0 Å². The number of nitrogens with zero attached hydrogens (tertiary/aromatic N) is 3. The summed E-state index contributed by atoms with van der Waals surface area (Å²) in [4.78, 5) is 15.3. The highest BCUT2D eigenvalue weighted by Gasteiger charge is 2.19. The van der Waals surface area contributed by atoms with Crippen molar-refractivity contribution in [1.82, 2.24) is 15.0 Å². The van der Waals surface area contributed by atoms with Crippen LogP contribution in [0.2, 0.25) is 0 Å². The van der Waals surface area contributed by atoms with E-state index >= 15 is 0 Å². The summed E-state index contributed by atoms with van der Waals surface area (Å²) < 4.78 is 6.26. The van der Waals surface area contributed by atoms with Crippen LogP contribution in [0.3, 0.4) is 0 Å². The summed E-state index contributed by atoms with van der Waals surface area (Å²) in [6.07, 6.45) is 14.4. The molecule has 8 aromatic rings. The van der Waals surface area contributed by atoms with Crippen LogP contribution in [0.25, 0.3) is 83.6 Å². The minimum absolute atomic E-state index is 0.474. The molecule has 2 heterocycles. The molecular formula is C47H31N3O. The van der Waals surface area contributed by atoms with Crippen molar-refractivity contribution in [3.8, 4) is 45.3 Å². The van der Waals surface area contributed by atoms with E-state index in [0.717, 1.165) is 66.9 Å². The van der Waals surface area contributed by atoms with Crippen LogP contribution in [-0.4, -0.2) is 15.0 Å². The van der Waals surface area contributed by atoms with Gasteiger partial charge in [-0.2, -0.15) is 0 Å². The van der Waals surface area contributed by atoms with Gasteiger partial charge >= 0.3 is 0 Å². The normalized spacial score (nSPS) is 15.3. The third kappa shape index (κ3) is 5.12. The fourth-order valence-electron chi connectivity index (χ4n) is 7.56. The molecule has 0 saturated heterocycles. The smallest absolute Gasteiger partial charge is 0.164 e. The van der Waals surface area contributed by atoms with Crippen molar-refractivity contribution in [3.05, 3.63) is 181 Å². The Morgan fingerprint density at radius 2 is 1.12 bits per heavy atom. The maximum atomic E-state index is 6.26. The molecule has 0 bridgehead atoms. The lowest BCUT2D eigenvalue weighted by Crippen LogP contribution is -2.05. The molecule has 4 nitrogen and oxygen atoms in total. The van der Waals surface area contributed by atoms with E-state index in [1.165, 1.54) is 16.7 Å². The van der Waals surface area contributed by atoms with Gasteiger partial charge in [0.05, 0.1) is 0 Å². The highest BCUT2D eigenvalue weighted by Crippen LogP contribution is 2.41. The van der Waals surface area contributed by atoms with Crippen molar-refractivity contribution in [2.24, 2.45) is 5.92 Å². The Labute approximate surface area is 295 Å². The molecule has 0 radical (unpaired) electrons. The first-order valence-corrected chi connectivity index (χ1v) is 17.4. The van der Waals surface area contributed by atoms with E-state index in [4.69, 9.17) is 19.4 Å². The molecule has 6 aromatic carbocycles. The van der Waals surface area contributed by atoms with Gasteiger partial charge in [0.25, 0.3) is 0 Å². The summed E-state index contributed by atoms with van der Waals surface area (Å²) in [5, 5.41) is 4.44. The Morgan fingerprint density at radius 1 is 0.490 bits per heavy atom. The topological polar surface area (TPSA) is 51.8 Å². The van der Waals surface area contributed by atoms with Gasteiger partial charge in [0.1, 0.15) is 11.2 Å². The summed E-state index contributed by atoms with van der Waals surface area (Å²) in [7, 11) is 0. The van der Waals surface area contributed by atoms with Crippen LogP contribution in [-0.2, 0) is 0 Å². The Morgan fingerprint density at radius 3 is 1.96 bits per heavy atom. The van der Waals surface area contributed by atoms with Gasteiger partial charge in [-0.25, -0.2) is 15.0 Å². The molecule has 0 aliphatic heterocycles. The van der Waals surface area contributed by atoms with Crippen LogP contribution < -0.4 is 0 Å². The van der Waals surface area contributed by atoms with E-state index in [0.29, 0.717) is 23.4 Å². The third-order valence-electron chi connectivity index (χ3n) is 10.1. The SMILES string of the molecule is C1=CC2=CC(c3ccc(-c4nc(-c5ccccc5)nc(-c5cccc6c(-c7cccc8oc9ccccc9c78)cccc56)n4)cc3)=CCC2C=C1. The molecule has 2 aliphatic carbocycles. The second-order valence-corrected chi connectivity index (χ2v) is 13.1. The van der Waals surface area contributed by atoms with E-state index in [-0.39, 0.29) is 0 Å². The number of allylic oxidation sites excluding steroid dienone is 8. The molecule has 4 heteroatoms. The summed E-state index contributed by atoms with van der Waals surface area (Å²) in [6.45, 7) is 0. The zero-order valence-corrected chi connectivity index (χ0v) is 27.7. The minimum atomic E-state index is 0.474. The Balaban J connectivity index is 1.10. The van der Waals surface area contributed by atoms with Crippen LogP contribution in [0.1, 0.15) is 12.0 Å². The first kappa shape index (κ1) is 29.3. The molecule has 2 aromatic heterocycles. The second kappa shape index (κ2) is 12.0. The molecule has 0 fully saturated rings.